The Kier molecular flexibility index (Phi) is 10.2. The number of rotatable bonds is 8. The molecule has 0 amide bonds. The van der Waals surface area contributed by atoms with Crippen molar-refractivity contribution in [3.63, 3.8) is 0 Å². The zero-order valence-corrected chi connectivity index (χ0v) is 19.7. The van der Waals surface area contributed by atoms with Crippen LogP contribution in [0.5, 0.6) is 5.88 Å². The molecule has 1 aliphatic rings. The van der Waals surface area contributed by atoms with Gasteiger partial charge in [-0.1, -0.05) is 6.92 Å². The number of aromatic nitrogens is 3. The van der Waals surface area contributed by atoms with E-state index in [0.717, 1.165) is 55.7 Å². The fourth-order valence-corrected chi connectivity index (χ4v) is 3.43. The molecule has 1 saturated carbocycles. The van der Waals surface area contributed by atoms with E-state index in [1.807, 2.05) is 35.3 Å². The van der Waals surface area contributed by atoms with Gasteiger partial charge in [-0.15, -0.1) is 24.0 Å². The molecule has 2 aromatic heterocycles. The van der Waals surface area contributed by atoms with Gasteiger partial charge in [0.25, 0.3) is 0 Å². The number of ether oxygens (including phenoxy) is 1. The average molecular weight is 512 g/mol. The van der Waals surface area contributed by atoms with E-state index in [4.69, 9.17) is 4.74 Å². The molecule has 1 fully saturated rings. The first kappa shape index (κ1) is 23.4. The Morgan fingerprint density at radius 2 is 2.07 bits per heavy atom. The molecule has 0 bridgehead atoms. The Morgan fingerprint density at radius 3 is 2.79 bits per heavy atom. The summed E-state index contributed by atoms with van der Waals surface area (Å²) in [4.78, 5) is 8.67. The summed E-state index contributed by atoms with van der Waals surface area (Å²) in [6, 6.07) is 5.97. The first-order chi connectivity index (χ1) is 13.7. The fourth-order valence-electron chi connectivity index (χ4n) is 3.43. The lowest BCUT2D eigenvalue weighted by atomic mass is 9.89. The van der Waals surface area contributed by atoms with Gasteiger partial charge in [0.2, 0.25) is 5.88 Å². The fraction of sp³-hybridized carbons (Fsp3) is 0.571. The maximum absolute atomic E-state index is 6.10. The number of hydrogen-bond acceptors (Lipinski definition) is 4. The van der Waals surface area contributed by atoms with Crippen molar-refractivity contribution in [3.8, 4) is 5.88 Å². The largest absolute Gasteiger partial charge is 0.474 e. The van der Waals surface area contributed by atoms with Gasteiger partial charge in [0.05, 0.1) is 0 Å². The molecule has 3 rings (SSSR count). The molecule has 2 N–H and O–H groups in total. The number of nitrogens with zero attached hydrogens (tertiary/aromatic N) is 4. The minimum absolute atomic E-state index is 0. The molecule has 8 heteroatoms. The first-order valence-electron chi connectivity index (χ1n) is 10.3. The number of halogens is 1. The van der Waals surface area contributed by atoms with Gasteiger partial charge in [0.15, 0.2) is 5.96 Å². The third-order valence-corrected chi connectivity index (χ3v) is 5.15. The molecule has 2 aromatic rings. The van der Waals surface area contributed by atoms with E-state index in [1.54, 1.807) is 13.2 Å². The second-order valence-corrected chi connectivity index (χ2v) is 7.48. The predicted octanol–water partition coefficient (Wildman–Crippen LogP) is 3.61. The van der Waals surface area contributed by atoms with Crippen LogP contribution in [0.3, 0.4) is 0 Å². The Labute approximate surface area is 190 Å². The quantitative estimate of drug-likeness (QED) is 0.245. The SMILES string of the molecule is CN=C(NCCCn1cccn1)NCc1ccnc(OC2CCC(C)CC2)c1.I. The van der Waals surface area contributed by atoms with Gasteiger partial charge in [-0.2, -0.15) is 5.10 Å². The van der Waals surface area contributed by atoms with Gasteiger partial charge in [-0.3, -0.25) is 9.67 Å². The summed E-state index contributed by atoms with van der Waals surface area (Å²) in [5.41, 5.74) is 1.13. The molecule has 0 atom stereocenters. The van der Waals surface area contributed by atoms with E-state index < -0.39 is 0 Å². The molecule has 0 saturated heterocycles. The van der Waals surface area contributed by atoms with Gasteiger partial charge in [-0.05, 0) is 55.7 Å². The molecule has 160 valence electrons. The lowest BCUT2D eigenvalue weighted by molar-refractivity contribution is 0.130. The molecule has 0 spiro atoms. The Morgan fingerprint density at radius 1 is 1.24 bits per heavy atom. The van der Waals surface area contributed by atoms with Crippen LogP contribution in [0.2, 0.25) is 0 Å². The van der Waals surface area contributed by atoms with Crippen molar-refractivity contribution in [3.05, 3.63) is 42.4 Å². The van der Waals surface area contributed by atoms with Crippen LogP contribution in [0.25, 0.3) is 0 Å². The van der Waals surface area contributed by atoms with Crippen molar-refractivity contribution < 1.29 is 4.74 Å². The minimum Gasteiger partial charge on any atom is -0.474 e. The monoisotopic (exact) mass is 512 g/mol. The van der Waals surface area contributed by atoms with Crippen LogP contribution >= 0.6 is 24.0 Å². The minimum atomic E-state index is 0. The van der Waals surface area contributed by atoms with Crippen LogP contribution in [-0.4, -0.2) is 40.4 Å². The number of hydrogen-bond donors (Lipinski definition) is 2. The van der Waals surface area contributed by atoms with Crippen molar-refractivity contribution in [1.29, 1.82) is 0 Å². The lowest BCUT2D eigenvalue weighted by Crippen LogP contribution is -2.37. The topological polar surface area (TPSA) is 76.4 Å². The van der Waals surface area contributed by atoms with Gasteiger partial charge >= 0.3 is 0 Å². The van der Waals surface area contributed by atoms with E-state index in [0.29, 0.717) is 12.6 Å². The first-order valence-corrected chi connectivity index (χ1v) is 10.3. The zero-order valence-electron chi connectivity index (χ0n) is 17.4. The van der Waals surface area contributed by atoms with E-state index in [1.165, 1.54) is 12.8 Å². The Bertz CT molecular complexity index is 729. The van der Waals surface area contributed by atoms with Gasteiger partial charge in [0.1, 0.15) is 6.10 Å². The van der Waals surface area contributed by atoms with Gasteiger partial charge in [0, 0.05) is 51.3 Å². The third-order valence-electron chi connectivity index (χ3n) is 5.15. The molecule has 0 aliphatic heterocycles. The second-order valence-electron chi connectivity index (χ2n) is 7.48. The van der Waals surface area contributed by atoms with E-state index in [-0.39, 0.29) is 24.0 Å². The molecule has 0 aromatic carbocycles. The van der Waals surface area contributed by atoms with Crippen LogP contribution in [0.15, 0.2) is 41.8 Å². The van der Waals surface area contributed by atoms with Crippen molar-refractivity contribution in [2.75, 3.05) is 13.6 Å². The number of aryl methyl sites for hydroxylation is 1. The standard InChI is InChI=1S/C21H32N6O.HI/c1-17-5-7-19(8-6-17)28-20-15-18(9-12-23-20)16-25-21(22-2)24-10-3-13-27-14-4-11-26-27;/h4,9,11-12,14-15,17,19H,3,5-8,10,13,16H2,1-2H3,(H2,22,24,25);1H. The second kappa shape index (κ2) is 12.7. The molecule has 0 unspecified atom stereocenters. The highest BCUT2D eigenvalue weighted by molar-refractivity contribution is 14.0. The summed E-state index contributed by atoms with van der Waals surface area (Å²) in [5.74, 6) is 2.34. The zero-order chi connectivity index (χ0) is 19.6. The normalized spacial score (nSPS) is 19.3. The predicted molar refractivity (Wildman–Crippen MR) is 127 cm³/mol. The summed E-state index contributed by atoms with van der Waals surface area (Å²) in [5, 5.41) is 10.9. The van der Waals surface area contributed by atoms with Crippen LogP contribution in [0.4, 0.5) is 0 Å². The molecule has 29 heavy (non-hydrogen) atoms. The summed E-state index contributed by atoms with van der Waals surface area (Å²) in [7, 11) is 1.79. The Hall–Kier alpha value is -1.84. The molecular weight excluding hydrogens is 479 g/mol. The van der Waals surface area contributed by atoms with Crippen molar-refractivity contribution in [2.45, 2.75) is 58.2 Å². The third kappa shape index (κ3) is 8.20. The molecule has 0 radical (unpaired) electrons. The lowest BCUT2D eigenvalue weighted by Gasteiger charge is -2.26. The van der Waals surface area contributed by atoms with Crippen molar-refractivity contribution in [2.24, 2.45) is 10.9 Å². The van der Waals surface area contributed by atoms with Crippen molar-refractivity contribution >= 4 is 29.9 Å². The van der Waals surface area contributed by atoms with Gasteiger partial charge in [-0.25, -0.2) is 4.98 Å². The molecular formula is C21H33IN6O. The van der Waals surface area contributed by atoms with Crippen LogP contribution in [0.1, 0.15) is 44.6 Å². The van der Waals surface area contributed by atoms with E-state index in [2.05, 4.69) is 32.6 Å². The van der Waals surface area contributed by atoms with Crippen LogP contribution < -0.4 is 15.4 Å². The van der Waals surface area contributed by atoms with E-state index in [9.17, 15) is 0 Å². The smallest absolute Gasteiger partial charge is 0.213 e. The summed E-state index contributed by atoms with van der Waals surface area (Å²) in [6.07, 6.45) is 11.6. The highest BCUT2D eigenvalue weighted by Crippen LogP contribution is 2.26. The summed E-state index contributed by atoms with van der Waals surface area (Å²) >= 11 is 0. The molecule has 7 nitrogen and oxygen atoms in total. The summed E-state index contributed by atoms with van der Waals surface area (Å²) in [6.45, 7) is 4.73. The maximum Gasteiger partial charge on any atom is 0.213 e. The average Bonchev–Trinajstić information content (AvgIpc) is 3.23. The van der Waals surface area contributed by atoms with E-state index >= 15 is 0 Å². The number of pyridine rings is 1. The Balaban J connectivity index is 0.00000300. The number of aliphatic imine (C=N–C) groups is 1. The number of guanidine groups is 1. The highest BCUT2D eigenvalue weighted by atomic mass is 127. The number of nitrogens with one attached hydrogen (secondary N) is 2. The molecule has 1 aliphatic carbocycles. The van der Waals surface area contributed by atoms with Crippen LogP contribution in [0, 0.1) is 5.92 Å². The summed E-state index contributed by atoms with van der Waals surface area (Å²) < 4.78 is 8.03. The highest BCUT2D eigenvalue weighted by Gasteiger charge is 2.19. The van der Waals surface area contributed by atoms with Gasteiger partial charge < -0.3 is 15.4 Å². The van der Waals surface area contributed by atoms with Crippen LogP contribution in [-0.2, 0) is 13.1 Å². The maximum atomic E-state index is 6.10. The molecule has 2 heterocycles. The van der Waals surface area contributed by atoms with Crippen molar-refractivity contribution in [1.82, 2.24) is 25.4 Å².